The van der Waals surface area contributed by atoms with E-state index in [4.69, 9.17) is 5.73 Å². The molecule has 0 radical (unpaired) electrons. The van der Waals surface area contributed by atoms with Crippen molar-refractivity contribution in [2.45, 2.75) is 58.6 Å². The van der Waals surface area contributed by atoms with Crippen molar-refractivity contribution in [3.8, 4) is 0 Å². The minimum Gasteiger partial charge on any atom is -0.393 e. The van der Waals surface area contributed by atoms with E-state index in [1.807, 2.05) is 6.92 Å². The molecule has 0 aliphatic heterocycles. The summed E-state index contributed by atoms with van der Waals surface area (Å²) in [5.74, 6) is 0.229. The number of hydrogen-bond donors (Lipinski definition) is 2. The molecule has 0 bridgehead atoms. The van der Waals surface area contributed by atoms with Crippen molar-refractivity contribution in [2.75, 3.05) is 0 Å². The van der Waals surface area contributed by atoms with Gasteiger partial charge in [-0.05, 0) is 26.2 Å². The molecular formula is C10H23NO. The highest BCUT2D eigenvalue weighted by Crippen LogP contribution is 2.27. The van der Waals surface area contributed by atoms with Crippen molar-refractivity contribution >= 4 is 0 Å². The summed E-state index contributed by atoms with van der Waals surface area (Å²) < 4.78 is 0. The summed E-state index contributed by atoms with van der Waals surface area (Å²) in [7, 11) is 0. The zero-order valence-electron chi connectivity index (χ0n) is 8.80. The first-order valence-corrected chi connectivity index (χ1v) is 4.98. The van der Waals surface area contributed by atoms with Crippen LogP contribution in [0.3, 0.4) is 0 Å². The molecule has 0 aromatic carbocycles. The van der Waals surface area contributed by atoms with Gasteiger partial charge in [-0.1, -0.05) is 20.8 Å². The summed E-state index contributed by atoms with van der Waals surface area (Å²) in [4.78, 5) is 0. The number of aliphatic hydroxyl groups is 1. The van der Waals surface area contributed by atoms with Crippen LogP contribution in [-0.4, -0.2) is 16.7 Å². The van der Waals surface area contributed by atoms with E-state index < -0.39 is 0 Å². The molecule has 0 amide bonds. The van der Waals surface area contributed by atoms with E-state index in [2.05, 4.69) is 20.8 Å². The molecule has 74 valence electrons. The van der Waals surface area contributed by atoms with Crippen LogP contribution in [0.1, 0.15) is 47.0 Å². The van der Waals surface area contributed by atoms with Gasteiger partial charge in [0.05, 0.1) is 6.10 Å². The molecule has 0 fully saturated rings. The smallest absolute Gasteiger partial charge is 0.0557 e. The summed E-state index contributed by atoms with van der Waals surface area (Å²) in [6.07, 6.45) is 2.54. The maximum Gasteiger partial charge on any atom is 0.0557 e. The van der Waals surface area contributed by atoms with Crippen LogP contribution in [0.5, 0.6) is 0 Å². The Morgan fingerprint density at radius 1 is 1.25 bits per heavy atom. The molecule has 2 unspecified atom stereocenters. The SMILES string of the molecule is CCC(C(C)O)C(N)(CC)CC. The van der Waals surface area contributed by atoms with E-state index in [-0.39, 0.29) is 17.6 Å². The Kier molecular flexibility index (Phi) is 4.80. The van der Waals surface area contributed by atoms with Crippen molar-refractivity contribution in [1.82, 2.24) is 0 Å². The predicted octanol–water partition coefficient (Wildman–Crippen LogP) is 1.91. The molecular weight excluding hydrogens is 150 g/mol. The summed E-state index contributed by atoms with van der Waals surface area (Å²) in [6.45, 7) is 8.11. The molecule has 0 heterocycles. The van der Waals surface area contributed by atoms with Crippen LogP contribution >= 0.6 is 0 Å². The van der Waals surface area contributed by atoms with Gasteiger partial charge in [0, 0.05) is 11.5 Å². The monoisotopic (exact) mass is 173 g/mol. The molecule has 2 nitrogen and oxygen atoms in total. The summed E-state index contributed by atoms with van der Waals surface area (Å²) in [6, 6.07) is 0. The van der Waals surface area contributed by atoms with E-state index >= 15 is 0 Å². The van der Waals surface area contributed by atoms with Gasteiger partial charge in [0.25, 0.3) is 0 Å². The fourth-order valence-corrected chi connectivity index (χ4v) is 2.00. The highest BCUT2D eigenvalue weighted by atomic mass is 16.3. The maximum absolute atomic E-state index is 9.53. The predicted molar refractivity (Wildman–Crippen MR) is 53.0 cm³/mol. The molecule has 0 aromatic heterocycles. The van der Waals surface area contributed by atoms with E-state index in [9.17, 15) is 5.11 Å². The van der Waals surface area contributed by atoms with Crippen molar-refractivity contribution in [2.24, 2.45) is 11.7 Å². The van der Waals surface area contributed by atoms with Gasteiger partial charge in [-0.15, -0.1) is 0 Å². The van der Waals surface area contributed by atoms with Crippen molar-refractivity contribution in [3.63, 3.8) is 0 Å². The van der Waals surface area contributed by atoms with Gasteiger partial charge in [-0.25, -0.2) is 0 Å². The highest BCUT2D eigenvalue weighted by molar-refractivity contribution is 4.90. The topological polar surface area (TPSA) is 46.2 Å². The lowest BCUT2D eigenvalue weighted by atomic mass is 9.76. The highest BCUT2D eigenvalue weighted by Gasteiger charge is 2.33. The standard InChI is InChI=1S/C10H23NO/c1-5-9(8(4)12)10(11,6-2)7-3/h8-9,12H,5-7,11H2,1-4H3. The Bertz CT molecular complexity index is 119. The Morgan fingerprint density at radius 3 is 1.75 bits per heavy atom. The second-order valence-electron chi connectivity index (χ2n) is 3.70. The fraction of sp³-hybridized carbons (Fsp3) is 1.00. The Morgan fingerprint density at radius 2 is 1.67 bits per heavy atom. The summed E-state index contributed by atoms with van der Waals surface area (Å²) in [5, 5.41) is 9.53. The normalized spacial score (nSPS) is 17.5. The van der Waals surface area contributed by atoms with E-state index in [0.717, 1.165) is 19.3 Å². The lowest BCUT2D eigenvalue weighted by Gasteiger charge is -2.37. The molecule has 0 saturated carbocycles. The Balaban J connectivity index is 4.43. The molecule has 0 spiro atoms. The average Bonchev–Trinajstić information content (AvgIpc) is 2.04. The van der Waals surface area contributed by atoms with Crippen LogP contribution in [0, 0.1) is 5.92 Å². The molecule has 2 atom stereocenters. The number of aliphatic hydroxyl groups excluding tert-OH is 1. The first kappa shape index (κ1) is 11.9. The van der Waals surface area contributed by atoms with Gasteiger partial charge < -0.3 is 10.8 Å². The van der Waals surface area contributed by atoms with Crippen molar-refractivity contribution in [1.29, 1.82) is 0 Å². The zero-order valence-corrected chi connectivity index (χ0v) is 8.80. The van der Waals surface area contributed by atoms with Gasteiger partial charge in [-0.3, -0.25) is 0 Å². The number of nitrogens with two attached hydrogens (primary N) is 1. The van der Waals surface area contributed by atoms with Crippen molar-refractivity contribution < 1.29 is 5.11 Å². The summed E-state index contributed by atoms with van der Waals surface area (Å²) >= 11 is 0. The maximum atomic E-state index is 9.53. The van der Waals surface area contributed by atoms with Gasteiger partial charge in [0.2, 0.25) is 0 Å². The van der Waals surface area contributed by atoms with Gasteiger partial charge >= 0.3 is 0 Å². The molecule has 3 N–H and O–H groups in total. The van der Waals surface area contributed by atoms with E-state index in [0.29, 0.717) is 0 Å². The minimum atomic E-state index is -0.292. The van der Waals surface area contributed by atoms with Crippen molar-refractivity contribution in [3.05, 3.63) is 0 Å². The van der Waals surface area contributed by atoms with Crippen LogP contribution in [-0.2, 0) is 0 Å². The average molecular weight is 173 g/mol. The van der Waals surface area contributed by atoms with Crippen LogP contribution in [0.25, 0.3) is 0 Å². The number of hydrogen-bond acceptors (Lipinski definition) is 2. The second kappa shape index (κ2) is 4.83. The lowest BCUT2D eigenvalue weighted by Crippen LogP contribution is -2.50. The van der Waals surface area contributed by atoms with Gasteiger partial charge in [-0.2, -0.15) is 0 Å². The van der Waals surface area contributed by atoms with Crippen LogP contribution in [0.4, 0.5) is 0 Å². The lowest BCUT2D eigenvalue weighted by molar-refractivity contribution is 0.0649. The molecule has 0 aliphatic rings. The number of rotatable bonds is 5. The molecule has 0 aliphatic carbocycles. The molecule has 0 saturated heterocycles. The Labute approximate surface area is 76.2 Å². The third-order valence-electron chi connectivity index (χ3n) is 3.08. The van der Waals surface area contributed by atoms with E-state index in [1.165, 1.54) is 0 Å². The second-order valence-corrected chi connectivity index (χ2v) is 3.70. The molecule has 0 rings (SSSR count). The Hall–Kier alpha value is -0.0800. The van der Waals surface area contributed by atoms with Gasteiger partial charge in [0.1, 0.15) is 0 Å². The fourth-order valence-electron chi connectivity index (χ4n) is 2.00. The molecule has 0 aromatic rings. The zero-order chi connectivity index (χ0) is 9.78. The van der Waals surface area contributed by atoms with Crippen LogP contribution in [0.15, 0.2) is 0 Å². The molecule has 12 heavy (non-hydrogen) atoms. The summed E-state index contributed by atoms with van der Waals surface area (Å²) in [5.41, 5.74) is 6.01. The van der Waals surface area contributed by atoms with Crippen LogP contribution in [0.2, 0.25) is 0 Å². The third-order valence-corrected chi connectivity index (χ3v) is 3.08. The van der Waals surface area contributed by atoms with Crippen LogP contribution < -0.4 is 5.73 Å². The minimum absolute atomic E-state index is 0.178. The third kappa shape index (κ3) is 2.46. The largest absolute Gasteiger partial charge is 0.393 e. The first-order valence-electron chi connectivity index (χ1n) is 4.98. The van der Waals surface area contributed by atoms with Gasteiger partial charge in [0.15, 0.2) is 0 Å². The van der Waals surface area contributed by atoms with E-state index in [1.54, 1.807) is 0 Å². The quantitative estimate of drug-likeness (QED) is 0.667. The molecule has 2 heteroatoms. The first-order chi connectivity index (χ1) is 5.51.